The lowest BCUT2D eigenvalue weighted by Gasteiger charge is -2.16. The molecule has 0 aliphatic heterocycles. The molecule has 0 aliphatic rings. The molecule has 0 heterocycles. The summed E-state index contributed by atoms with van der Waals surface area (Å²) in [6, 6.07) is 1.79. The van der Waals surface area contributed by atoms with Crippen molar-refractivity contribution >= 4 is 49.2 Å². The number of hydrogen-bond donors (Lipinski definition) is 1. The molecule has 0 radical (unpaired) electrons. The highest BCUT2D eigenvalue weighted by atomic mass is 79.9. The van der Waals surface area contributed by atoms with Crippen LogP contribution < -0.4 is 4.72 Å². The van der Waals surface area contributed by atoms with E-state index in [1.165, 1.54) is 7.11 Å². The van der Waals surface area contributed by atoms with Crippen LogP contribution in [0, 0.1) is 5.82 Å². The van der Waals surface area contributed by atoms with Gasteiger partial charge in [-0.1, -0.05) is 39.1 Å². The summed E-state index contributed by atoms with van der Waals surface area (Å²) in [5.41, 5.74) is 0. The lowest BCUT2D eigenvalue weighted by atomic mass is 10.3. The first-order valence-electron chi connectivity index (χ1n) is 5.04. The maximum absolute atomic E-state index is 13.5. The fourth-order valence-electron chi connectivity index (χ4n) is 1.31. The Morgan fingerprint density at radius 2 is 2.11 bits per heavy atom. The largest absolute Gasteiger partial charge is 0.383 e. The van der Waals surface area contributed by atoms with Gasteiger partial charge in [-0.15, -0.1) is 0 Å². The SMILES string of the molecule is COCC(CBr)NS(=O)(=O)c1ccc(Cl)c(F)c1Cl. The molecule has 1 rings (SSSR count). The number of sulfonamides is 1. The molecule has 4 nitrogen and oxygen atoms in total. The van der Waals surface area contributed by atoms with Gasteiger partial charge >= 0.3 is 0 Å². The van der Waals surface area contributed by atoms with E-state index in [2.05, 4.69) is 20.7 Å². The summed E-state index contributed by atoms with van der Waals surface area (Å²) >= 11 is 14.3. The van der Waals surface area contributed by atoms with Gasteiger partial charge in [0.15, 0.2) is 5.82 Å². The molecule has 9 heteroatoms. The maximum Gasteiger partial charge on any atom is 0.242 e. The van der Waals surface area contributed by atoms with Crippen LogP contribution in [0.1, 0.15) is 0 Å². The van der Waals surface area contributed by atoms with Crippen LogP contribution in [-0.2, 0) is 14.8 Å². The summed E-state index contributed by atoms with van der Waals surface area (Å²) in [4.78, 5) is -0.363. The Bertz CT molecular complexity index is 556. The van der Waals surface area contributed by atoms with Gasteiger partial charge in [-0.25, -0.2) is 17.5 Å². The minimum absolute atomic E-state index is 0.165. The molecule has 0 bridgehead atoms. The van der Waals surface area contributed by atoms with Crippen molar-refractivity contribution in [1.29, 1.82) is 0 Å². The molecule has 0 fully saturated rings. The van der Waals surface area contributed by atoms with E-state index >= 15 is 0 Å². The van der Waals surface area contributed by atoms with E-state index in [1.807, 2.05) is 0 Å². The third-order valence-electron chi connectivity index (χ3n) is 2.17. The van der Waals surface area contributed by atoms with E-state index in [4.69, 9.17) is 27.9 Å². The van der Waals surface area contributed by atoms with Gasteiger partial charge in [0, 0.05) is 12.4 Å². The summed E-state index contributed by atoms with van der Waals surface area (Å²) in [6.07, 6.45) is 0. The number of methoxy groups -OCH3 is 1. The molecule has 0 saturated carbocycles. The molecule has 0 saturated heterocycles. The first-order valence-corrected chi connectivity index (χ1v) is 8.40. The van der Waals surface area contributed by atoms with Crippen LogP contribution in [0.3, 0.4) is 0 Å². The lowest BCUT2D eigenvalue weighted by molar-refractivity contribution is 0.182. The molecule has 19 heavy (non-hydrogen) atoms. The molecule has 1 aromatic carbocycles. The zero-order valence-electron chi connectivity index (χ0n) is 9.79. The molecule has 1 aromatic rings. The normalized spacial score (nSPS) is 13.5. The van der Waals surface area contributed by atoms with Crippen LogP contribution in [0.4, 0.5) is 4.39 Å². The number of benzene rings is 1. The molecule has 0 spiro atoms. The second-order valence-corrected chi connectivity index (χ2v) is 6.72. The molecule has 0 aliphatic carbocycles. The third kappa shape index (κ3) is 4.27. The Hall–Kier alpha value is 0.0800. The van der Waals surface area contributed by atoms with Gasteiger partial charge in [0.2, 0.25) is 10.0 Å². The van der Waals surface area contributed by atoms with E-state index in [0.29, 0.717) is 5.33 Å². The Kier molecular flexibility index (Phi) is 6.49. The summed E-state index contributed by atoms with van der Waals surface area (Å²) < 4.78 is 44.9. The first kappa shape index (κ1) is 17.1. The molecule has 0 amide bonds. The predicted molar refractivity (Wildman–Crippen MR) is 76.2 cm³/mol. The van der Waals surface area contributed by atoms with Crippen molar-refractivity contribution in [1.82, 2.24) is 4.72 Å². The zero-order valence-corrected chi connectivity index (χ0v) is 13.7. The van der Waals surface area contributed by atoms with E-state index in [0.717, 1.165) is 12.1 Å². The molecule has 0 aromatic heterocycles. The van der Waals surface area contributed by atoms with Gasteiger partial charge < -0.3 is 4.74 Å². The summed E-state index contributed by atoms with van der Waals surface area (Å²) in [6.45, 7) is 0.165. The number of alkyl halides is 1. The van der Waals surface area contributed by atoms with Crippen LogP contribution in [0.15, 0.2) is 17.0 Å². The van der Waals surface area contributed by atoms with Gasteiger partial charge in [0.05, 0.1) is 22.7 Å². The minimum atomic E-state index is -3.95. The van der Waals surface area contributed by atoms with Gasteiger partial charge in [0.25, 0.3) is 0 Å². The van der Waals surface area contributed by atoms with Gasteiger partial charge in [0.1, 0.15) is 4.90 Å². The molecule has 1 unspecified atom stereocenters. The average molecular weight is 395 g/mol. The number of hydrogen-bond acceptors (Lipinski definition) is 3. The topological polar surface area (TPSA) is 55.4 Å². The van der Waals surface area contributed by atoms with Crippen molar-refractivity contribution in [2.45, 2.75) is 10.9 Å². The summed E-state index contributed by atoms with van der Waals surface area (Å²) in [5.74, 6) is -0.964. The van der Waals surface area contributed by atoms with E-state index < -0.39 is 26.9 Å². The van der Waals surface area contributed by atoms with Crippen LogP contribution in [0.25, 0.3) is 0 Å². The van der Waals surface area contributed by atoms with E-state index in [9.17, 15) is 12.8 Å². The van der Waals surface area contributed by atoms with Crippen LogP contribution in [-0.4, -0.2) is 33.5 Å². The number of ether oxygens (including phenoxy) is 1. The van der Waals surface area contributed by atoms with Crippen molar-refractivity contribution in [3.05, 3.63) is 28.0 Å². The fourth-order valence-corrected chi connectivity index (χ4v) is 3.84. The second kappa shape index (κ2) is 7.19. The van der Waals surface area contributed by atoms with Crippen LogP contribution in [0.2, 0.25) is 10.0 Å². The monoisotopic (exact) mass is 393 g/mol. The van der Waals surface area contributed by atoms with Crippen molar-refractivity contribution in [2.24, 2.45) is 0 Å². The first-order chi connectivity index (χ1) is 8.83. The third-order valence-corrected chi connectivity index (χ3v) is 5.28. The smallest absolute Gasteiger partial charge is 0.242 e. The molecular formula is C10H11BrCl2FNO3S. The predicted octanol–water partition coefficient (Wildman–Crippen LogP) is 2.82. The standard InChI is InChI=1S/C10H11BrCl2FNO3S/c1-18-5-6(4-11)15-19(16,17)8-3-2-7(12)10(14)9(8)13/h2-3,6,15H,4-5H2,1H3. The highest BCUT2D eigenvalue weighted by Crippen LogP contribution is 2.29. The molecular weight excluding hydrogens is 384 g/mol. The zero-order chi connectivity index (χ0) is 14.6. The van der Waals surface area contributed by atoms with Crippen molar-refractivity contribution < 1.29 is 17.5 Å². The average Bonchev–Trinajstić information content (AvgIpc) is 2.34. The van der Waals surface area contributed by atoms with Crippen molar-refractivity contribution in [3.8, 4) is 0 Å². The minimum Gasteiger partial charge on any atom is -0.383 e. The molecule has 1 N–H and O–H groups in total. The quantitative estimate of drug-likeness (QED) is 0.596. The number of halogens is 4. The van der Waals surface area contributed by atoms with Crippen LogP contribution >= 0.6 is 39.1 Å². The Morgan fingerprint density at radius 3 is 2.63 bits per heavy atom. The van der Waals surface area contributed by atoms with Crippen molar-refractivity contribution in [3.63, 3.8) is 0 Å². The number of nitrogens with one attached hydrogen (secondary N) is 1. The number of rotatable bonds is 6. The lowest BCUT2D eigenvalue weighted by Crippen LogP contribution is -2.39. The van der Waals surface area contributed by atoms with Gasteiger partial charge in [-0.3, -0.25) is 0 Å². The second-order valence-electron chi connectivity index (χ2n) is 3.60. The highest BCUT2D eigenvalue weighted by molar-refractivity contribution is 9.09. The van der Waals surface area contributed by atoms with Gasteiger partial charge in [-0.2, -0.15) is 0 Å². The van der Waals surface area contributed by atoms with E-state index in [-0.39, 0.29) is 16.5 Å². The summed E-state index contributed by atoms with van der Waals surface area (Å²) in [7, 11) is -2.51. The fraction of sp³-hybridized carbons (Fsp3) is 0.400. The van der Waals surface area contributed by atoms with E-state index in [1.54, 1.807) is 0 Å². The van der Waals surface area contributed by atoms with Gasteiger partial charge in [-0.05, 0) is 12.1 Å². The molecule has 1 atom stereocenters. The Morgan fingerprint density at radius 1 is 1.47 bits per heavy atom. The summed E-state index contributed by atoms with van der Waals surface area (Å²) in [5, 5.41) is -0.433. The van der Waals surface area contributed by atoms with Crippen molar-refractivity contribution in [2.75, 3.05) is 19.0 Å². The highest BCUT2D eigenvalue weighted by Gasteiger charge is 2.24. The Balaban J connectivity index is 3.10. The maximum atomic E-state index is 13.5. The molecule has 108 valence electrons. The van der Waals surface area contributed by atoms with Crippen LogP contribution in [0.5, 0.6) is 0 Å². The Labute approximate surface area is 129 Å².